The van der Waals surface area contributed by atoms with Gasteiger partial charge in [-0.05, 0) is 76.2 Å². The van der Waals surface area contributed by atoms with Crippen molar-refractivity contribution in [3.63, 3.8) is 0 Å². The van der Waals surface area contributed by atoms with E-state index < -0.39 is 0 Å². The van der Waals surface area contributed by atoms with Gasteiger partial charge in [-0.15, -0.1) is 11.3 Å². The van der Waals surface area contributed by atoms with Gasteiger partial charge in [-0.1, -0.05) is 91.0 Å². The van der Waals surface area contributed by atoms with Crippen molar-refractivity contribution in [2.45, 2.75) is 12.8 Å². The van der Waals surface area contributed by atoms with Crippen LogP contribution in [0, 0.1) is 0 Å². The average molecular weight is 492 g/mol. The molecule has 0 bridgehead atoms. The van der Waals surface area contributed by atoms with Crippen molar-refractivity contribution in [3.05, 3.63) is 139 Å². The SMILES string of the molecule is c1ccc(-c2ccc(-c3ccc(CCc4ccc5cc6sc7ccccc7c6cc5c4)cc3)cc2)nc1. The first-order valence-electron chi connectivity index (χ1n) is 12.7. The second-order valence-electron chi connectivity index (χ2n) is 9.62. The molecule has 176 valence electrons. The molecule has 7 rings (SSSR count). The first-order valence-corrected chi connectivity index (χ1v) is 13.6. The van der Waals surface area contributed by atoms with Gasteiger partial charge in [0.25, 0.3) is 0 Å². The fourth-order valence-corrected chi connectivity index (χ4v) is 6.33. The van der Waals surface area contributed by atoms with Gasteiger partial charge in [0.05, 0.1) is 5.69 Å². The van der Waals surface area contributed by atoms with E-state index in [1.807, 2.05) is 35.7 Å². The zero-order valence-electron chi connectivity index (χ0n) is 20.4. The summed E-state index contributed by atoms with van der Waals surface area (Å²) >= 11 is 1.88. The number of fused-ring (bicyclic) bond motifs is 4. The Bertz CT molecular complexity index is 1850. The molecule has 0 N–H and O–H groups in total. The van der Waals surface area contributed by atoms with Gasteiger partial charge in [-0.3, -0.25) is 4.98 Å². The maximum Gasteiger partial charge on any atom is 0.0701 e. The van der Waals surface area contributed by atoms with E-state index in [9.17, 15) is 0 Å². The standard InChI is InChI=1S/C35H25NS/c1-2-7-34-31(5-1)32-22-30-21-25(12-15-29(30)23-35(32)37-34)9-8-24-10-13-26(14-11-24)27-16-18-28(19-17-27)33-6-3-4-20-36-33/h1-7,10-23H,8-9H2. The number of hydrogen-bond acceptors (Lipinski definition) is 2. The zero-order chi connectivity index (χ0) is 24.6. The highest BCUT2D eigenvalue weighted by molar-refractivity contribution is 7.25. The van der Waals surface area contributed by atoms with E-state index in [1.54, 1.807) is 0 Å². The van der Waals surface area contributed by atoms with Crippen LogP contribution in [-0.2, 0) is 12.8 Å². The van der Waals surface area contributed by atoms with Gasteiger partial charge in [0.15, 0.2) is 0 Å². The molecule has 0 aliphatic carbocycles. The molecular formula is C35H25NS. The highest BCUT2D eigenvalue weighted by atomic mass is 32.1. The molecule has 0 amide bonds. The fourth-order valence-electron chi connectivity index (χ4n) is 5.19. The van der Waals surface area contributed by atoms with Gasteiger partial charge < -0.3 is 0 Å². The number of nitrogens with zero attached hydrogens (tertiary/aromatic N) is 1. The van der Waals surface area contributed by atoms with Crippen LogP contribution in [0.1, 0.15) is 11.1 Å². The van der Waals surface area contributed by atoms with Crippen molar-refractivity contribution in [3.8, 4) is 22.4 Å². The molecule has 0 saturated carbocycles. The second kappa shape index (κ2) is 9.31. The highest BCUT2D eigenvalue weighted by Crippen LogP contribution is 2.36. The number of benzene rings is 5. The van der Waals surface area contributed by atoms with Gasteiger partial charge in [0.1, 0.15) is 0 Å². The quantitative estimate of drug-likeness (QED) is 0.233. The lowest BCUT2D eigenvalue weighted by molar-refractivity contribution is 0.963. The van der Waals surface area contributed by atoms with Crippen LogP contribution in [-0.4, -0.2) is 4.98 Å². The van der Waals surface area contributed by atoms with Crippen LogP contribution in [0.4, 0.5) is 0 Å². The smallest absolute Gasteiger partial charge is 0.0701 e. The van der Waals surface area contributed by atoms with Crippen molar-refractivity contribution >= 4 is 42.3 Å². The molecule has 0 radical (unpaired) electrons. The maximum absolute atomic E-state index is 4.45. The Morgan fingerprint density at radius 2 is 1.19 bits per heavy atom. The average Bonchev–Trinajstić information content (AvgIpc) is 3.33. The predicted molar refractivity (Wildman–Crippen MR) is 159 cm³/mol. The van der Waals surface area contributed by atoms with E-state index in [1.165, 1.54) is 53.2 Å². The monoisotopic (exact) mass is 491 g/mol. The lowest BCUT2D eigenvalue weighted by Crippen LogP contribution is -1.92. The fraction of sp³-hybridized carbons (Fsp3) is 0.0571. The largest absolute Gasteiger partial charge is 0.256 e. The van der Waals surface area contributed by atoms with Gasteiger partial charge in [-0.25, -0.2) is 0 Å². The van der Waals surface area contributed by atoms with Crippen molar-refractivity contribution in [1.29, 1.82) is 0 Å². The first kappa shape index (κ1) is 22.0. The van der Waals surface area contributed by atoms with Gasteiger partial charge in [0.2, 0.25) is 0 Å². The molecule has 37 heavy (non-hydrogen) atoms. The molecule has 2 heteroatoms. The summed E-state index contributed by atoms with van der Waals surface area (Å²) in [5.74, 6) is 0. The highest BCUT2D eigenvalue weighted by Gasteiger charge is 2.07. The molecule has 7 aromatic rings. The summed E-state index contributed by atoms with van der Waals surface area (Å²) in [5, 5.41) is 5.38. The van der Waals surface area contributed by atoms with E-state index in [0.717, 1.165) is 24.1 Å². The van der Waals surface area contributed by atoms with E-state index in [2.05, 4.69) is 108 Å². The Morgan fingerprint density at radius 1 is 0.486 bits per heavy atom. The van der Waals surface area contributed by atoms with E-state index >= 15 is 0 Å². The molecule has 0 aliphatic heterocycles. The van der Waals surface area contributed by atoms with Crippen molar-refractivity contribution < 1.29 is 0 Å². The third-order valence-electron chi connectivity index (χ3n) is 7.24. The molecular weight excluding hydrogens is 466 g/mol. The van der Waals surface area contributed by atoms with Crippen molar-refractivity contribution in [2.24, 2.45) is 0 Å². The van der Waals surface area contributed by atoms with Crippen LogP contribution in [0.25, 0.3) is 53.3 Å². The number of aryl methyl sites for hydroxylation is 2. The summed E-state index contributed by atoms with van der Waals surface area (Å²) in [4.78, 5) is 4.45. The van der Waals surface area contributed by atoms with Crippen LogP contribution in [0.5, 0.6) is 0 Å². The molecule has 0 atom stereocenters. The molecule has 0 spiro atoms. The Kier molecular flexibility index (Phi) is 5.53. The summed E-state index contributed by atoms with van der Waals surface area (Å²) in [6.07, 6.45) is 3.91. The van der Waals surface area contributed by atoms with Gasteiger partial charge in [-0.2, -0.15) is 0 Å². The van der Waals surface area contributed by atoms with Crippen LogP contribution in [0.2, 0.25) is 0 Å². The molecule has 0 unspecified atom stereocenters. The molecule has 5 aromatic carbocycles. The lowest BCUT2D eigenvalue weighted by atomic mass is 9.98. The Hall–Kier alpha value is -4.27. The molecule has 0 aliphatic rings. The summed E-state index contributed by atoms with van der Waals surface area (Å²) in [5.41, 5.74) is 7.38. The number of aromatic nitrogens is 1. The number of hydrogen-bond donors (Lipinski definition) is 0. The van der Waals surface area contributed by atoms with Gasteiger partial charge in [0, 0.05) is 31.9 Å². The number of thiophene rings is 1. The molecule has 0 saturated heterocycles. The number of rotatable bonds is 5. The Balaban J connectivity index is 1.08. The van der Waals surface area contributed by atoms with Crippen molar-refractivity contribution in [1.82, 2.24) is 4.98 Å². The first-order chi connectivity index (χ1) is 18.3. The third-order valence-corrected chi connectivity index (χ3v) is 8.37. The summed E-state index contributed by atoms with van der Waals surface area (Å²) < 4.78 is 2.73. The number of pyridine rings is 1. The normalized spacial score (nSPS) is 11.5. The van der Waals surface area contributed by atoms with Crippen LogP contribution in [0.3, 0.4) is 0 Å². The lowest BCUT2D eigenvalue weighted by Gasteiger charge is -2.08. The second-order valence-corrected chi connectivity index (χ2v) is 10.7. The van der Waals surface area contributed by atoms with Crippen LogP contribution < -0.4 is 0 Å². The summed E-state index contributed by atoms with van der Waals surface area (Å²) in [7, 11) is 0. The summed E-state index contributed by atoms with van der Waals surface area (Å²) in [6, 6.07) is 44.1. The Labute approximate surface area is 220 Å². The summed E-state index contributed by atoms with van der Waals surface area (Å²) in [6.45, 7) is 0. The van der Waals surface area contributed by atoms with Crippen LogP contribution >= 0.6 is 11.3 Å². The molecule has 0 fully saturated rings. The molecule has 1 nitrogen and oxygen atoms in total. The Morgan fingerprint density at radius 3 is 2.00 bits per heavy atom. The minimum Gasteiger partial charge on any atom is -0.256 e. The predicted octanol–water partition coefficient (Wildman–Crippen LogP) is 9.72. The van der Waals surface area contributed by atoms with E-state index in [-0.39, 0.29) is 0 Å². The topological polar surface area (TPSA) is 12.9 Å². The zero-order valence-corrected chi connectivity index (χ0v) is 21.2. The minimum absolute atomic E-state index is 1.01. The van der Waals surface area contributed by atoms with E-state index in [4.69, 9.17) is 0 Å². The van der Waals surface area contributed by atoms with Crippen LogP contribution in [0.15, 0.2) is 128 Å². The molecule has 2 heterocycles. The van der Waals surface area contributed by atoms with Crippen molar-refractivity contribution in [2.75, 3.05) is 0 Å². The minimum atomic E-state index is 1.01. The third kappa shape index (κ3) is 4.30. The van der Waals surface area contributed by atoms with Gasteiger partial charge >= 0.3 is 0 Å². The maximum atomic E-state index is 4.45. The van der Waals surface area contributed by atoms with E-state index in [0.29, 0.717) is 0 Å². The molecule has 2 aromatic heterocycles.